The van der Waals surface area contributed by atoms with Crippen molar-refractivity contribution >= 4 is 17.6 Å². The number of anilines is 1. The van der Waals surface area contributed by atoms with Gasteiger partial charge in [0.25, 0.3) is 0 Å². The van der Waals surface area contributed by atoms with E-state index in [1.54, 1.807) is 11.0 Å². The average Bonchev–Trinajstić information content (AvgIpc) is 3.38. The van der Waals surface area contributed by atoms with Crippen molar-refractivity contribution in [1.82, 2.24) is 15.0 Å². The highest BCUT2D eigenvalue weighted by atomic mass is 16.5. The maximum atomic E-state index is 12.7. The molecular weight excluding hydrogens is 356 g/mol. The van der Waals surface area contributed by atoms with E-state index < -0.39 is 0 Å². The van der Waals surface area contributed by atoms with Gasteiger partial charge >= 0.3 is 0 Å². The van der Waals surface area contributed by atoms with Crippen LogP contribution in [0.3, 0.4) is 0 Å². The Bertz CT molecular complexity index is 556. The smallest absolute Gasteiger partial charge is 0.245 e. The number of unbranched alkanes of at least 4 members (excludes halogenated alkanes) is 6. The topological polar surface area (TPSA) is 78.7 Å². The highest BCUT2D eigenvalue weighted by Gasteiger charge is 2.20. The number of rotatable bonds is 14. The Morgan fingerprint density at radius 1 is 1.14 bits per heavy atom. The summed E-state index contributed by atoms with van der Waals surface area (Å²) in [5, 5.41) is 6.37. The molecule has 0 spiro atoms. The first-order valence-electron chi connectivity index (χ1n) is 10.9. The van der Waals surface area contributed by atoms with Crippen molar-refractivity contribution in [1.29, 1.82) is 0 Å². The fourth-order valence-corrected chi connectivity index (χ4v) is 3.58. The van der Waals surface area contributed by atoms with Crippen LogP contribution in [-0.2, 0) is 9.59 Å². The summed E-state index contributed by atoms with van der Waals surface area (Å²) in [6, 6.07) is 1.59. The molecule has 7 heteroatoms. The van der Waals surface area contributed by atoms with E-state index in [0.29, 0.717) is 18.8 Å². The van der Waals surface area contributed by atoms with Crippen molar-refractivity contribution in [2.75, 3.05) is 38.0 Å². The van der Waals surface area contributed by atoms with Crippen molar-refractivity contribution in [3.05, 3.63) is 12.3 Å². The van der Waals surface area contributed by atoms with E-state index in [2.05, 4.69) is 22.3 Å². The van der Waals surface area contributed by atoms with E-state index in [1.165, 1.54) is 51.2 Å². The van der Waals surface area contributed by atoms with Crippen molar-refractivity contribution in [3.63, 3.8) is 0 Å². The van der Waals surface area contributed by atoms with Crippen molar-refractivity contribution in [2.45, 2.75) is 71.1 Å². The van der Waals surface area contributed by atoms with Crippen LogP contribution in [0, 0.1) is 0 Å². The van der Waals surface area contributed by atoms with E-state index in [9.17, 15) is 9.59 Å². The predicted molar refractivity (Wildman–Crippen MR) is 110 cm³/mol. The second-order valence-electron chi connectivity index (χ2n) is 7.67. The number of aromatic nitrogens is 1. The van der Waals surface area contributed by atoms with Crippen LogP contribution in [0.25, 0.3) is 0 Å². The Hall–Kier alpha value is -1.89. The molecule has 2 amide bonds. The van der Waals surface area contributed by atoms with Crippen LogP contribution in [0.15, 0.2) is 16.9 Å². The van der Waals surface area contributed by atoms with Crippen LogP contribution in [0.5, 0.6) is 0 Å². The summed E-state index contributed by atoms with van der Waals surface area (Å²) in [6.45, 7) is 5.89. The molecule has 158 valence electrons. The molecule has 28 heavy (non-hydrogen) atoms. The molecule has 1 aromatic heterocycles. The van der Waals surface area contributed by atoms with E-state index in [4.69, 9.17) is 4.52 Å². The number of amides is 2. The Morgan fingerprint density at radius 2 is 1.86 bits per heavy atom. The molecule has 1 saturated heterocycles. The minimum atomic E-state index is -0.233. The molecule has 7 nitrogen and oxygen atoms in total. The molecule has 1 aliphatic heterocycles. The summed E-state index contributed by atoms with van der Waals surface area (Å²) in [6.07, 6.45) is 12.6. The fourth-order valence-electron chi connectivity index (χ4n) is 3.58. The maximum Gasteiger partial charge on any atom is 0.245 e. The number of nitrogens with one attached hydrogen (secondary N) is 1. The lowest BCUT2D eigenvalue weighted by atomic mass is 10.1. The minimum absolute atomic E-state index is 0.0655. The molecule has 0 aliphatic carbocycles. The van der Waals surface area contributed by atoms with Gasteiger partial charge < -0.3 is 19.6 Å². The monoisotopic (exact) mass is 392 g/mol. The summed E-state index contributed by atoms with van der Waals surface area (Å²) in [4.78, 5) is 29.1. The average molecular weight is 393 g/mol. The van der Waals surface area contributed by atoms with Gasteiger partial charge in [-0.25, -0.2) is 0 Å². The molecular formula is C21H36N4O3. The highest BCUT2D eigenvalue weighted by molar-refractivity contribution is 5.93. The van der Waals surface area contributed by atoms with Gasteiger partial charge in [0.2, 0.25) is 11.8 Å². The number of hydrogen-bond donors (Lipinski definition) is 1. The molecule has 2 heterocycles. The lowest BCUT2D eigenvalue weighted by Gasteiger charge is -2.25. The van der Waals surface area contributed by atoms with Crippen molar-refractivity contribution in [3.8, 4) is 0 Å². The summed E-state index contributed by atoms with van der Waals surface area (Å²) in [5.74, 6) is 0.218. The zero-order valence-corrected chi connectivity index (χ0v) is 17.3. The van der Waals surface area contributed by atoms with Crippen molar-refractivity contribution in [2.24, 2.45) is 0 Å². The summed E-state index contributed by atoms with van der Waals surface area (Å²) < 4.78 is 4.73. The zero-order chi connectivity index (χ0) is 20.0. The summed E-state index contributed by atoms with van der Waals surface area (Å²) in [7, 11) is 0. The molecule has 1 aliphatic rings. The van der Waals surface area contributed by atoms with E-state index in [-0.39, 0.29) is 18.4 Å². The van der Waals surface area contributed by atoms with Crippen LogP contribution in [-0.4, -0.2) is 59.5 Å². The van der Waals surface area contributed by atoms with Gasteiger partial charge in [0, 0.05) is 25.6 Å². The molecule has 0 bridgehead atoms. The number of carbonyl (C=O) groups excluding carboxylic acids is 2. The SMILES string of the molecule is CCCCCCCCCC(=O)N(CCN1CCCC1)CC(=O)Nc1ccon1. The van der Waals surface area contributed by atoms with Crippen molar-refractivity contribution < 1.29 is 14.1 Å². The third-order valence-corrected chi connectivity index (χ3v) is 5.27. The Balaban J connectivity index is 1.74. The highest BCUT2D eigenvalue weighted by Crippen LogP contribution is 2.11. The van der Waals surface area contributed by atoms with Crippen LogP contribution in [0.1, 0.15) is 71.1 Å². The minimum Gasteiger partial charge on any atom is -0.363 e. The molecule has 0 aromatic carbocycles. The molecule has 0 unspecified atom stereocenters. The van der Waals surface area contributed by atoms with E-state index >= 15 is 0 Å². The lowest BCUT2D eigenvalue weighted by molar-refractivity contribution is -0.135. The summed E-state index contributed by atoms with van der Waals surface area (Å²) in [5.41, 5.74) is 0. The molecule has 1 fully saturated rings. The largest absolute Gasteiger partial charge is 0.363 e. The van der Waals surface area contributed by atoms with Gasteiger partial charge in [-0.3, -0.25) is 9.59 Å². The second-order valence-corrected chi connectivity index (χ2v) is 7.67. The normalized spacial score (nSPS) is 14.3. The third kappa shape index (κ3) is 8.87. The van der Waals surface area contributed by atoms with Crippen LogP contribution in [0.2, 0.25) is 0 Å². The van der Waals surface area contributed by atoms with E-state index in [0.717, 1.165) is 32.5 Å². The number of nitrogens with zero attached hydrogens (tertiary/aromatic N) is 3. The Kier molecular flexibility index (Phi) is 10.7. The van der Waals surface area contributed by atoms with Gasteiger partial charge in [0.1, 0.15) is 6.26 Å². The summed E-state index contributed by atoms with van der Waals surface area (Å²) >= 11 is 0. The van der Waals surface area contributed by atoms with E-state index in [1.807, 2.05) is 0 Å². The first-order chi connectivity index (χ1) is 13.7. The molecule has 1 N–H and O–H groups in total. The predicted octanol–water partition coefficient (Wildman–Crippen LogP) is 3.68. The number of hydrogen-bond acceptors (Lipinski definition) is 5. The zero-order valence-electron chi connectivity index (χ0n) is 17.3. The molecule has 0 atom stereocenters. The van der Waals surface area contributed by atoms with Crippen LogP contribution >= 0.6 is 0 Å². The second kappa shape index (κ2) is 13.3. The van der Waals surface area contributed by atoms with Gasteiger partial charge in [0.15, 0.2) is 5.82 Å². The number of carbonyl (C=O) groups is 2. The molecule has 1 aromatic rings. The van der Waals surface area contributed by atoms with Gasteiger partial charge in [-0.2, -0.15) is 0 Å². The van der Waals surface area contributed by atoms with Gasteiger partial charge in [-0.05, 0) is 32.4 Å². The third-order valence-electron chi connectivity index (χ3n) is 5.27. The van der Waals surface area contributed by atoms with Crippen LogP contribution in [0.4, 0.5) is 5.82 Å². The standard InChI is InChI=1S/C21H36N4O3/c1-2-3-4-5-6-7-8-11-21(27)25(16-15-24-13-9-10-14-24)18-20(26)22-19-12-17-28-23-19/h12,17H,2-11,13-16,18H2,1H3,(H,22,23,26). The first kappa shape index (κ1) is 22.4. The van der Waals surface area contributed by atoms with Gasteiger partial charge in [-0.15, -0.1) is 0 Å². The lowest BCUT2D eigenvalue weighted by Crippen LogP contribution is -2.42. The molecule has 0 radical (unpaired) electrons. The Morgan fingerprint density at radius 3 is 2.54 bits per heavy atom. The van der Waals surface area contributed by atoms with Gasteiger partial charge in [-0.1, -0.05) is 50.6 Å². The fraction of sp³-hybridized carbons (Fsp3) is 0.762. The molecule has 2 rings (SSSR count). The quantitative estimate of drug-likeness (QED) is 0.489. The number of likely N-dealkylation sites (tertiary alicyclic amines) is 1. The molecule has 0 saturated carbocycles. The van der Waals surface area contributed by atoms with Crippen LogP contribution < -0.4 is 5.32 Å². The Labute approximate surface area is 168 Å². The maximum absolute atomic E-state index is 12.7. The first-order valence-corrected chi connectivity index (χ1v) is 10.9. The van der Waals surface area contributed by atoms with Gasteiger partial charge in [0.05, 0.1) is 6.54 Å².